The molecule has 1 amide bonds. The molecule has 13 nitrogen and oxygen atoms in total. The molecule has 0 saturated carbocycles. The standard InChI is InChI=1S/C42H52N2O11/c1-48-19-21-50-23-25-52-27-29-54-39-15-3-33(4-16-39)31-43-37-11-13-38(14-12-37)44(41(45)35-7-9-36(10-8-35)42(46)47)32-34-5-17-40(18-6-34)55-30-28-53-26-24-51-22-20-49-2/h3-18,43H,19-32H2,1-2H3,(H,46,47). The molecule has 0 aliphatic carbocycles. The maximum Gasteiger partial charge on any atom is 0.335 e. The van der Waals surface area contributed by atoms with Gasteiger partial charge in [0.2, 0.25) is 0 Å². The first-order valence-corrected chi connectivity index (χ1v) is 18.2. The Kier molecular flexibility index (Phi) is 19.5. The second-order valence-corrected chi connectivity index (χ2v) is 12.1. The van der Waals surface area contributed by atoms with Crippen molar-refractivity contribution >= 4 is 23.3 Å². The van der Waals surface area contributed by atoms with Crippen molar-refractivity contribution in [2.45, 2.75) is 13.1 Å². The molecule has 4 aromatic rings. The van der Waals surface area contributed by atoms with Crippen molar-refractivity contribution in [2.75, 3.05) is 104 Å². The summed E-state index contributed by atoms with van der Waals surface area (Å²) in [6, 6.07) is 29.0. The van der Waals surface area contributed by atoms with E-state index >= 15 is 0 Å². The Bertz CT molecular complexity index is 1650. The zero-order chi connectivity index (χ0) is 38.9. The van der Waals surface area contributed by atoms with E-state index in [1.54, 1.807) is 19.1 Å². The smallest absolute Gasteiger partial charge is 0.335 e. The highest BCUT2D eigenvalue weighted by Gasteiger charge is 2.19. The fraction of sp³-hybridized carbons (Fsp3) is 0.381. The molecule has 0 fully saturated rings. The lowest BCUT2D eigenvalue weighted by Crippen LogP contribution is -2.30. The minimum Gasteiger partial charge on any atom is -0.491 e. The number of nitrogens with zero attached hydrogens (tertiary/aromatic N) is 1. The van der Waals surface area contributed by atoms with Crippen LogP contribution in [0.3, 0.4) is 0 Å². The zero-order valence-corrected chi connectivity index (χ0v) is 31.6. The number of anilines is 2. The fourth-order valence-corrected chi connectivity index (χ4v) is 5.10. The molecule has 0 bridgehead atoms. The van der Waals surface area contributed by atoms with Gasteiger partial charge in [-0.3, -0.25) is 4.79 Å². The van der Waals surface area contributed by atoms with Gasteiger partial charge in [-0.25, -0.2) is 4.79 Å². The van der Waals surface area contributed by atoms with Gasteiger partial charge >= 0.3 is 5.97 Å². The van der Waals surface area contributed by atoms with E-state index in [1.807, 2.05) is 72.8 Å². The summed E-state index contributed by atoms with van der Waals surface area (Å²) in [5.74, 6) is 0.131. The van der Waals surface area contributed by atoms with E-state index in [0.717, 1.165) is 22.6 Å². The average Bonchev–Trinajstić information content (AvgIpc) is 3.22. The van der Waals surface area contributed by atoms with Crippen molar-refractivity contribution in [2.24, 2.45) is 0 Å². The number of methoxy groups -OCH3 is 2. The molecule has 0 aromatic heterocycles. The lowest BCUT2D eigenvalue weighted by atomic mass is 10.1. The number of ether oxygens (including phenoxy) is 8. The number of nitrogens with one attached hydrogen (secondary N) is 1. The van der Waals surface area contributed by atoms with Gasteiger partial charge in [0.05, 0.1) is 78.2 Å². The van der Waals surface area contributed by atoms with Crippen LogP contribution in [0.4, 0.5) is 11.4 Å². The van der Waals surface area contributed by atoms with E-state index in [-0.39, 0.29) is 18.0 Å². The molecule has 4 rings (SSSR count). The van der Waals surface area contributed by atoms with Crippen LogP contribution in [-0.4, -0.2) is 110 Å². The summed E-state index contributed by atoms with van der Waals surface area (Å²) >= 11 is 0. The van der Waals surface area contributed by atoms with Crippen molar-refractivity contribution in [1.29, 1.82) is 0 Å². The van der Waals surface area contributed by atoms with Gasteiger partial charge in [-0.15, -0.1) is 0 Å². The highest BCUT2D eigenvalue weighted by atomic mass is 16.6. The first-order chi connectivity index (χ1) is 27.0. The number of hydrogen-bond acceptors (Lipinski definition) is 11. The van der Waals surface area contributed by atoms with Crippen molar-refractivity contribution in [1.82, 2.24) is 0 Å². The minimum atomic E-state index is -1.05. The van der Waals surface area contributed by atoms with Crippen LogP contribution in [0, 0.1) is 0 Å². The number of carbonyl (C=O) groups is 2. The number of hydrogen-bond donors (Lipinski definition) is 2. The molecule has 0 aliphatic heterocycles. The van der Waals surface area contributed by atoms with E-state index in [2.05, 4.69) is 5.32 Å². The predicted octanol–water partition coefficient (Wildman–Crippen LogP) is 5.96. The van der Waals surface area contributed by atoms with Crippen LogP contribution >= 0.6 is 0 Å². The van der Waals surface area contributed by atoms with Crippen LogP contribution < -0.4 is 19.7 Å². The summed E-state index contributed by atoms with van der Waals surface area (Å²) in [6.07, 6.45) is 0. The van der Waals surface area contributed by atoms with Gasteiger partial charge in [-0.05, 0) is 83.9 Å². The Morgan fingerprint density at radius 1 is 0.527 bits per heavy atom. The number of amides is 1. The van der Waals surface area contributed by atoms with Crippen molar-refractivity contribution in [3.05, 3.63) is 119 Å². The number of benzene rings is 4. The Hall–Kier alpha value is -5.02. The van der Waals surface area contributed by atoms with Gasteiger partial charge in [0.1, 0.15) is 24.7 Å². The van der Waals surface area contributed by atoms with Crippen molar-refractivity contribution in [3.63, 3.8) is 0 Å². The second-order valence-electron chi connectivity index (χ2n) is 12.1. The summed E-state index contributed by atoms with van der Waals surface area (Å²) in [4.78, 5) is 26.9. The van der Waals surface area contributed by atoms with Crippen LogP contribution in [0.1, 0.15) is 31.8 Å². The molecule has 0 radical (unpaired) electrons. The maximum atomic E-state index is 13.9. The normalized spacial score (nSPS) is 10.9. The van der Waals surface area contributed by atoms with Gasteiger partial charge in [-0.1, -0.05) is 24.3 Å². The van der Waals surface area contributed by atoms with Crippen LogP contribution in [0.2, 0.25) is 0 Å². The van der Waals surface area contributed by atoms with E-state index in [4.69, 9.17) is 37.9 Å². The van der Waals surface area contributed by atoms with Crippen LogP contribution in [0.15, 0.2) is 97.1 Å². The maximum absolute atomic E-state index is 13.9. The van der Waals surface area contributed by atoms with E-state index in [9.17, 15) is 14.7 Å². The molecule has 0 spiro atoms. The Morgan fingerprint density at radius 3 is 1.44 bits per heavy atom. The molecule has 4 aromatic carbocycles. The number of carboxylic acids is 1. The number of rotatable bonds is 28. The third-order valence-corrected chi connectivity index (χ3v) is 8.09. The average molecular weight is 761 g/mol. The summed E-state index contributed by atoms with van der Waals surface area (Å²) in [7, 11) is 3.27. The molecule has 13 heteroatoms. The first-order valence-electron chi connectivity index (χ1n) is 18.2. The third-order valence-electron chi connectivity index (χ3n) is 8.09. The van der Waals surface area contributed by atoms with Gasteiger partial charge in [0.25, 0.3) is 5.91 Å². The molecular weight excluding hydrogens is 708 g/mol. The zero-order valence-electron chi connectivity index (χ0n) is 31.6. The van der Waals surface area contributed by atoms with Crippen molar-refractivity contribution < 1.29 is 52.6 Å². The van der Waals surface area contributed by atoms with Gasteiger partial charge < -0.3 is 53.2 Å². The largest absolute Gasteiger partial charge is 0.491 e. The lowest BCUT2D eigenvalue weighted by molar-refractivity contribution is 0.0180. The molecule has 0 atom stereocenters. The Labute approximate surface area is 323 Å². The van der Waals surface area contributed by atoms with E-state index in [1.165, 1.54) is 24.3 Å². The first kappa shape index (κ1) is 42.7. The highest BCUT2D eigenvalue weighted by molar-refractivity contribution is 6.06. The van der Waals surface area contributed by atoms with Crippen molar-refractivity contribution in [3.8, 4) is 11.5 Å². The number of carbonyl (C=O) groups excluding carboxylic acids is 1. The summed E-state index contributed by atoms with van der Waals surface area (Å²) in [5.41, 5.74) is 4.02. The minimum absolute atomic E-state index is 0.109. The second kappa shape index (κ2) is 25.1. The van der Waals surface area contributed by atoms with Gasteiger partial charge in [0, 0.05) is 37.7 Å². The summed E-state index contributed by atoms with van der Waals surface area (Å²) < 4.78 is 43.3. The van der Waals surface area contributed by atoms with Gasteiger partial charge in [-0.2, -0.15) is 0 Å². The number of aromatic carboxylic acids is 1. The summed E-state index contributed by atoms with van der Waals surface area (Å²) in [5, 5.41) is 12.8. The van der Waals surface area contributed by atoms with Crippen LogP contribution in [0.5, 0.6) is 11.5 Å². The number of carboxylic acid groups (broad SMARTS) is 1. The SMILES string of the molecule is COCCOCCOCCOc1ccc(CNc2ccc(N(Cc3ccc(OCCOCCOCCOC)cc3)C(=O)c3ccc(C(=O)O)cc3)cc2)cc1. The van der Waals surface area contributed by atoms with E-state index in [0.29, 0.717) is 103 Å². The molecular formula is C42H52N2O11. The fourth-order valence-electron chi connectivity index (χ4n) is 5.10. The Balaban J connectivity index is 1.29. The van der Waals surface area contributed by atoms with Gasteiger partial charge in [0.15, 0.2) is 0 Å². The third kappa shape index (κ3) is 16.1. The monoisotopic (exact) mass is 760 g/mol. The molecule has 55 heavy (non-hydrogen) atoms. The molecule has 0 aliphatic rings. The molecule has 296 valence electrons. The molecule has 0 unspecified atom stereocenters. The van der Waals surface area contributed by atoms with E-state index < -0.39 is 5.97 Å². The summed E-state index contributed by atoms with van der Waals surface area (Å²) in [6.45, 7) is 6.79. The Morgan fingerprint density at radius 2 is 0.964 bits per heavy atom. The highest BCUT2D eigenvalue weighted by Crippen LogP contribution is 2.24. The lowest BCUT2D eigenvalue weighted by Gasteiger charge is -2.24. The van der Waals surface area contributed by atoms with Crippen LogP contribution in [0.25, 0.3) is 0 Å². The predicted molar refractivity (Wildman–Crippen MR) is 209 cm³/mol. The van der Waals surface area contributed by atoms with Crippen LogP contribution in [-0.2, 0) is 41.5 Å². The molecule has 0 saturated heterocycles. The molecule has 0 heterocycles. The quantitative estimate of drug-likeness (QED) is 0.0660. The topological polar surface area (TPSA) is 143 Å². The molecule has 2 N–H and O–H groups in total.